The molecule has 1 amide bonds. The topological polar surface area (TPSA) is 72.1 Å². The minimum absolute atomic E-state index is 0.0785. The van der Waals surface area contributed by atoms with Gasteiger partial charge in [0, 0.05) is 12.2 Å². The average molecular weight is 308 g/mol. The normalized spacial score (nSPS) is 10.6. The molecule has 1 aromatic heterocycles. The van der Waals surface area contributed by atoms with Gasteiger partial charge in [-0.1, -0.05) is 0 Å². The highest BCUT2D eigenvalue weighted by molar-refractivity contribution is 9.10. The number of nitrogens with zero attached hydrogens (tertiary/aromatic N) is 3. The fraction of sp³-hybridized carbons (Fsp3) is 0.444. The molecule has 0 saturated heterocycles. The second-order valence-corrected chi connectivity index (χ2v) is 4.69. The first-order valence-corrected chi connectivity index (χ1v) is 5.82. The number of aromatic nitrogens is 2. The molecule has 0 bridgehead atoms. The van der Waals surface area contributed by atoms with Gasteiger partial charge in [0.1, 0.15) is 5.82 Å². The van der Waals surface area contributed by atoms with Crippen LogP contribution < -0.4 is 10.6 Å². The smallest absolute Gasteiger partial charge is 0.237 e. The molecule has 2 N–H and O–H groups in total. The summed E-state index contributed by atoms with van der Waals surface area (Å²) < 4.78 is 0.673. The zero-order chi connectivity index (χ0) is 12.3. The molecule has 0 aliphatic rings. The Balaban J connectivity index is 3.09. The van der Waals surface area contributed by atoms with E-state index in [-0.39, 0.29) is 17.9 Å². The van der Waals surface area contributed by atoms with Crippen LogP contribution >= 0.6 is 27.5 Å². The molecule has 0 radical (unpaired) electrons. The van der Waals surface area contributed by atoms with E-state index in [1.807, 2.05) is 13.8 Å². The van der Waals surface area contributed by atoms with Gasteiger partial charge in [-0.25, -0.2) is 4.98 Å². The average Bonchev–Trinajstić information content (AvgIpc) is 2.18. The van der Waals surface area contributed by atoms with Crippen LogP contribution in [0.5, 0.6) is 0 Å². The first kappa shape index (κ1) is 13.2. The maximum atomic E-state index is 11.0. The number of amides is 1. The van der Waals surface area contributed by atoms with Crippen LogP contribution in [0.3, 0.4) is 0 Å². The summed E-state index contributed by atoms with van der Waals surface area (Å²) in [7, 11) is 0. The lowest BCUT2D eigenvalue weighted by Gasteiger charge is -2.27. The number of nitrogens with two attached hydrogens (primary N) is 1. The Kier molecular flexibility index (Phi) is 4.49. The van der Waals surface area contributed by atoms with Gasteiger partial charge in [0.2, 0.25) is 11.2 Å². The van der Waals surface area contributed by atoms with E-state index in [4.69, 9.17) is 17.3 Å². The highest BCUT2D eigenvalue weighted by Crippen LogP contribution is 2.25. The van der Waals surface area contributed by atoms with Gasteiger partial charge >= 0.3 is 0 Å². The van der Waals surface area contributed by atoms with Crippen LogP contribution in [-0.2, 0) is 4.79 Å². The molecule has 16 heavy (non-hydrogen) atoms. The maximum absolute atomic E-state index is 11.0. The van der Waals surface area contributed by atoms with Gasteiger partial charge in [0.15, 0.2) is 0 Å². The zero-order valence-corrected chi connectivity index (χ0v) is 11.3. The standard InChI is InChI=1S/C9H12BrClN4O/c1-5(2)15(4-7(12)16)8-6(10)3-13-9(11)14-8/h3,5H,4H2,1-2H3,(H2,12,16). The lowest BCUT2D eigenvalue weighted by molar-refractivity contribution is -0.116. The minimum atomic E-state index is -0.421. The van der Waals surface area contributed by atoms with Crippen molar-refractivity contribution in [1.82, 2.24) is 9.97 Å². The number of hydrogen-bond acceptors (Lipinski definition) is 4. The number of primary amides is 1. The molecule has 0 saturated carbocycles. The number of halogens is 2. The second kappa shape index (κ2) is 5.45. The number of anilines is 1. The summed E-state index contributed by atoms with van der Waals surface area (Å²) in [6.45, 7) is 3.96. The molecule has 0 aliphatic heterocycles. The van der Waals surface area contributed by atoms with Crippen molar-refractivity contribution in [2.24, 2.45) is 5.73 Å². The SMILES string of the molecule is CC(C)N(CC(N)=O)c1nc(Cl)ncc1Br. The number of carbonyl (C=O) groups is 1. The van der Waals surface area contributed by atoms with Crippen LogP contribution in [0.15, 0.2) is 10.7 Å². The summed E-state index contributed by atoms with van der Waals surface area (Å²) in [5.74, 6) is 0.143. The Morgan fingerprint density at radius 1 is 1.69 bits per heavy atom. The lowest BCUT2D eigenvalue weighted by Crippen LogP contribution is -2.39. The largest absolute Gasteiger partial charge is 0.368 e. The molecule has 1 aromatic rings. The molecule has 7 heteroatoms. The minimum Gasteiger partial charge on any atom is -0.368 e. The van der Waals surface area contributed by atoms with Crippen LogP contribution in [0.4, 0.5) is 5.82 Å². The van der Waals surface area contributed by atoms with Crippen molar-refractivity contribution in [2.75, 3.05) is 11.4 Å². The van der Waals surface area contributed by atoms with Crippen LogP contribution in [0, 0.1) is 0 Å². The fourth-order valence-corrected chi connectivity index (χ4v) is 1.76. The van der Waals surface area contributed by atoms with E-state index in [2.05, 4.69) is 25.9 Å². The van der Waals surface area contributed by atoms with Crippen molar-refractivity contribution in [1.29, 1.82) is 0 Å². The number of carbonyl (C=O) groups excluding carboxylic acids is 1. The van der Waals surface area contributed by atoms with Gasteiger partial charge in [-0.3, -0.25) is 4.79 Å². The zero-order valence-electron chi connectivity index (χ0n) is 8.94. The maximum Gasteiger partial charge on any atom is 0.237 e. The molecule has 0 aromatic carbocycles. The lowest BCUT2D eigenvalue weighted by atomic mass is 10.3. The van der Waals surface area contributed by atoms with E-state index < -0.39 is 5.91 Å². The molecule has 0 aliphatic carbocycles. The summed E-state index contributed by atoms with van der Waals surface area (Å²) in [6, 6.07) is 0.0785. The molecule has 88 valence electrons. The first-order chi connectivity index (χ1) is 7.41. The summed E-state index contributed by atoms with van der Waals surface area (Å²) in [4.78, 5) is 20.6. The predicted molar refractivity (Wildman–Crippen MR) is 66.4 cm³/mol. The molecular weight excluding hydrogens is 295 g/mol. The second-order valence-electron chi connectivity index (χ2n) is 3.50. The van der Waals surface area contributed by atoms with E-state index >= 15 is 0 Å². The van der Waals surface area contributed by atoms with Gasteiger partial charge in [0.05, 0.1) is 11.0 Å². The molecular formula is C9H12BrClN4O. The van der Waals surface area contributed by atoms with Crippen molar-refractivity contribution in [3.05, 3.63) is 16.0 Å². The van der Waals surface area contributed by atoms with E-state index in [1.54, 1.807) is 11.1 Å². The fourth-order valence-electron chi connectivity index (χ4n) is 1.21. The predicted octanol–water partition coefficient (Wildman–Crippen LogP) is 1.59. The third-order valence-electron chi connectivity index (χ3n) is 1.92. The third-order valence-corrected chi connectivity index (χ3v) is 2.66. The van der Waals surface area contributed by atoms with Crippen LogP contribution in [0.2, 0.25) is 5.28 Å². The number of hydrogen-bond donors (Lipinski definition) is 1. The van der Waals surface area contributed by atoms with Crippen molar-refractivity contribution in [3.8, 4) is 0 Å². The summed E-state index contributed by atoms with van der Waals surface area (Å²) in [6.07, 6.45) is 1.54. The molecule has 0 unspecified atom stereocenters. The molecule has 1 rings (SSSR count). The van der Waals surface area contributed by atoms with Crippen molar-refractivity contribution >= 4 is 39.3 Å². The summed E-state index contributed by atoms with van der Waals surface area (Å²) in [5, 5.41) is 0.133. The van der Waals surface area contributed by atoms with Gasteiger partial charge in [-0.05, 0) is 41.4 Å². The molecule has 0 atom stereocenters. The van der Waals surface area contributed by atoms with E-state index in [0.29, 0.717) is 10.3 Å². The monoisotopic (exact) mass is 306 g/mol. The van der Waals surface area contributed by atoms with Crippen LogP contribution in [0.1, 0.15) is 13.8 Å². The van der Waals surface area contributed by atoms with Gasteiger partial charge in [0.25, 0.3) is 0 Å². The van der Waals surface area contributed by atoms with Gasteiger partial charge in [-0.15, -0.1) is 0 Å². The van der Waals surface area contributed by atoms with Crippen molar-refractivity contribution in [2.45, 2.75) is 19.9 Å². The molecule has 0 fully saturated rings. The Bertz CT molecular complexity index is 399. The first-order valence-electron chi connectivity index (χ1n) is 4.64. The van der Waals surface area contributed by atoms with Crippen molar-refractivity contribution < 1.29 is 4.79 Å². The Morgan fingerprint density at radius 3 is 2.81 bits per heavy atom. The number of rotatable bonds is 4. The molecule has 0 spiro atoms. The third kappa shape index (κ3) is 3.31. The van der Waals surface area contributed by atoms with E-state index in [9.17, 15) is 4.79 Å². The Labute approximate surface area is 107 Å². The van der Waals surface area contributed by atoms with Crippen LogP contribution in [-0.4, -0.2) is 28.5 Å². The van der Waals surface area contributed by atoms with Gasteiger partial charge < -0.3 is 10.6 Å². The quantitative estimate of drug-likeness (QED) is 0.858. The van der Waals surface area contributed by atoms with Gasteiger partial charge in [-0.2, -0.15) is 4.98 Å². The van der Waals surface area contributed by atoms with E-state index in [1.165, 1.54) is 0 Å². The van der Waals surface area contributed by atoms with E-state index in [0.717, 1.165) is 0 Å². The summed E-state index contributed by atoms with van der Waals surface area (Å²) in [5.41, 5.74) is 5.18. The Hall–Kier alpha value is -0.880. The highest BCUT2D eigenvalue weighted by atomic mass is 79.9. The molecule has 5 nitrogen and oxygen atoms in total. The summed E-state index contributed by atoms with van der Waals surface area (Å²) >= 11 is 9.03. The molecule has 1 heterocycles. The Morgan fingerprint density at radius 2 is 2.31 bits per heavy atom. The highest BCUT2D eigenvalue weighted by Gasteiger charge is 2.18. The van der Waals surface area contributed by atoms with Crippen LogP contribution in [0.25, 0.3) is 0 Å². The van der Waals surface area contributed by atoms with Crippen molar-refractivity contribution in [3.63, 3.8) is 0 Å².